The minimum absolute atomic E-state index is 0.278. The van der Waals surface area contributed by atoms with Crippen LogP contribution in [0, 0.1) is 0 Å². The van der Waals surface area contributed by atoms with E-state index in [-0.39, 0.29) is 18.0 Å². The Kier molecular flexibility index (Phi) is 5.68. The highest BCUT2D eigenvalue weighted by atomic mass is 35.6. The Morgan fingerprint density at radius 2 is 1.16 bits per heavy atom. The number of nitrogens with zero attached hydrogens (tertiary/aromatic N) is 1. The van der Waals surface area contributed by atoms with E-state index in [2.05, 4.69) is 0 Å². The normalized spacial score (nSPS) is 23.3. The largest absolute Gasteiger partial charge is 0.333 e. The van der Waals surface area contributed by atoms with E-state index in [4.69, 9.17) is 34.8 Å². The quantitative estimate of drug-likeness (QED) is 0.664. The summed E-state index contributed by atoms with van der Waals surface area (Å²) in [6.07, 6.45) is 11.5. The summed E-state index contributed by atoms with van der Waals surface area (Å²) in [7, 11) is 0. The average molecular weight is 327 g/mol. The molecule has 1 amide bonds. The zero-order valence-electron chi connectivity index (χ0n) is 11.2. The maximum absolute atomic E-state index is 12.5. The summed E-state index contributed by atoms with van der Waals surface area (Å²) in [6, 6.07) is 0.556. The molecule has 0 aliphatic heterocycles. The number of rotatable bonds is 2. The topological polar surface area (TPSA) is 20.3 Å². The second kappa shape index (κ2) is 6.87. The molecule has 110 valence electrons. The van der Waals surface area contributed by atoms with Crippen LogP contribution in [-0.4, -0.2) is 26.7 Å². The van der Waals surface area contributed by atoms with Crippen molar-refractivity contribution >= 4 is 40.7 Å². The van der Waals surface area contributed by atoms with Crippen LogP contribution >= 0.6 is 34.8 Å². The molecule has 0 N–H and O–H groups in total. The van der Waals surface area contributed by atoms with E-state index in [1.807, 2.05) is 4.90 Å². The summed E-state index contributed by atoms with van der Waals surface area (Å²) in [5.74, 6) is -0.309. The molecule has 2 fully saturated rings. The molecule has 0 saturated heterocycles. The summed E-state index contributed by atoms with van der Waals surface area (Å²) < 4.78 is -1.81. The fourth-order valence-electron chi connectivity index (χ4n) is 3.49. The van der Waals surface area contributed by atoms with E-state index >= 15 is 0 Å². The van der Waals surface area contributed by atoms with Gasteiger partial charge in [-0.15, -0.1) is 0 Å². The van der Waals surface area contributed by atoms with Crippen LogP contribution in [0.3, 0.4) is 0 Å². The summed E-state index contributed by atoms with van der Waals surface area (Å²) in [4.78, 5) is 14.4. The Hall–Kier alpha value is 0.340. The lowest BCUT2D eigenvalue weighted by Gasteiger charge is -2.43. The molecule has 0 aromatic heterocycles. The third-order valence-corrected chi connectivity index (χ3v) is 4.90. The van der Waals surface area contributed by atoms with Crippen molar-refractivity contribution in [1.82, 2.24) is 4.90 Å². The molecular formula is C14H22Cl3NO. The van der Waals surface area contributed by atoms with Crippen LogP contribution in [0.15, 0.2) is 0 Å². The number of carbonyl (C=O) groups excluding carboxylic acids is 1. The van der Waals surface area contributed by atoms with Crippen molar-refractivity contribution in [3.05, 3.63) is 0 Å². The molecule has 0 heterocycles. The van der Waals surface area contributed by atoms with Gasteiger partial charge >= 0.3 is 0 Å². The zero-order chi connectivity index (χ0) is 13.9. The molecule has 0 bridgehead atoms. The smallest absolute Gasteiger partial charge is 0.275 e. The number of hydrogen-bond acceptors (Lipinski definition) is 1. The summed E-state index contributed by atoms with van der Waals surface area (Å²) >= 11 is 17.6. The number of amides is 1. The van der Waals surface area contributed by atoms with E-state index < -0.39 is 3.79 Å². The van der Waals surface area contributed by atoms with Gasteiger partial charge < -0.3 is 4.90 Å². The van der Waals surface area contributed by atoms with Crippen LogP contribution in [-0.2, 0) is 4.79 Å². The third-order valence-electron chi connectivity index (χ3n) is 4.41. The van der Waals surface area contributed by atoms with Gasteiger partial charge in [0.25, 0.3) is 9.70 Å². The molecular weight excluding hydrogens is 305 g/mol. The van der Waals surface area contributed by atoms with Crippen molar-refractivity contribution in [2.75, 3.05) is 0 Å². The molecule has 0 radical (unpaired) electrons. The van der Waals surface area contributed by atoms with Crippen LogP contribution in [0.2, 0.25) is 0 Å². The molecule has 5 heteroatoms. The molecule has 2 aliphatic rings. The number of halogens is 3. The van der Waals surface area contributed by atoms with Crippen molar-refractivity contribution in [1.29, 1.82) is 0 Å². The predicted octanol–water partition coefficient (Wildman–Crippen LogP) is 4.85. The maximum Gasteiger partial charge on any atom is 0.275 e. The highest BCUT2D eigenvalue weighted by molar-refractivity contribution is 6.76. The number of carbonyl (C=O) groups is 1. The molecule has 0 unspecified atom stereocenters. The number of hydrogen-bond donors (Lipinski definition) is 0. The van der Waals surface area contributed by atoms with E-state index in [1.165, 1.54) is 38.5 Å². The highest BCUT2D eigenvalue weighted by Crippen LogP contribution is 2.36. The van der Waals surface area contributed by atoms with Crippen molar-refractivity contribution in [2.45, 2.75) is 80.1 Å². The molecule has 19 heavy (non-hydrogen) atoms. The standard InChI is InChI=1S/C14H22Cl3NO/c15-14(16,17)13(19)18(11-7-3-1-4-8-11)12-9-5-2-6-10-12/h11-12H,1-10H2. The molecule has 2 rings (SSSR count). The van der Waals surface area contributed by atoms with Gasteiger partial charge in [0, 0.05) is 12.1 Å². The Bertz CT molecular complexity index is 286. The lowest BCUT2D eigenvalue weighted by Crippen LogP contribution is -2.52. The number of alkyl halides is 3. The van der Waals surface area contributed by atoms with Gasteiger partial charge in [-0.1, -0.05) is 73.3 Å². The zero-order valence-corrected chi connectivity index (χ0v) is 13.5. The third kappa shape index (κ3) is 4.15. The van der Waals surface area contributed by atoms with Gasteiger partial charge in [0.2, 0.25) is 0 Å². The minimum Gasteiger partial charge on any atom is -0.333 e. The lowest BCUT2D eigenvalue weighted by atomic mass is 9.88. The molecule has 0 aromatic rings. The van der Waals surface area contributed by atoms with E-state index in [9.17, 15) is 4.79 Å². The Labute approximate surface area is 130 Å². The Balaban J connectivity index is 2.13. The van der Waals surface area contributed by atoms with Gasteiger partial charge in [0.05, 0.1) is 0 Å². The first kappa shape index (κ1) is 15.7. The van der Waals surface area contributed by atoms with E-state index in [0.717, 1.165) is 25.7 Å². The van der Waals surface area contributed by atoms with E-state index in [0.29, 0.717) is 0 Å². The fraction of sp³-hybridized carbons (Fsp3) is 0.929. The minimum atomic E-state index is -1.81. The lowest BCUT2D eigenvalue weighted by molar-refractivity contribution is -0.137. The second-order valence-electron chi connectivity index (χ2n) is 5.79. The summed E-state index contributed by atoms with van der Waals surface area (Å²) in [6.45, 7) is 0. The SMILES string of the molecule is O=C(N(C1CCCCC1)C1CCCCC1)C(Cl)(Cl)Cl. The molecule has 2 aliphatic carbocycles. The Morgan fingerprint density at radius 3 is 1.47 bits per heavy atom. The van der Waals surface area contributed by atoms with Gasteiger partial charge in [-0.25, -0.2) is 0 Å². The van der Waals surface area contributed by atoms with Gasteiger partial charge in [-0.05, 0) is 25.7 Å². The highest BCUT2D eigenvalue weighted by Gasteiger charge is 2.41. The predicted molar refractivity (Wildman–Crippen MR) is 80.9 cm³/mol. The van der Waals surface area contributed by atoms with Gasteiger partial charge in [-0.3, -0.25) is 4.79 Å². The Morgan fingerprint density at radius 1 is 0.789 bits per heavy atom. The molecule has 2 nitrogen and oxygen atoms in total. The first-order valence-electron chi connectivity index (χ1n) is 7.39. The molecule has 2 saturated carbocycles. The van der Waals surface area contributed by atoms with Crippen molar-refractivity contribution in [2.24, 2.45) is 0 Å². The van der Waals surface area contributed by atoms with Crippen LogP contribution in [0.5, 0.6) is 0 Å². The van der Waals surface area contributed by atoms with Gasteiger partial charge in [-0.2, -0.15) is 0 Å². The van der Waals surface area contributed by atoms with Crippen LogP contribution in [0.4, 0.5) is 0 Å². The summed E-state index contributed by atoms with van der Waals surface area (Å²) in [5, 5.41) is 0. The van der Waals surface area contributed by atoms with Crippen LogP contribution < -0.4 is 0 Å². The van der Waals surface area contributed by atoms with Gasteiger partial charge in [0.1, 0.15) is 0 Å². The van der Waals surface area contributed by atoms with Crippen LogP contribution in [0.25, 0.3) is 0 Å². The molecule has 0 aromatic carbocycles. The van der Waals surface area contributed by atoms with Gasteiger partial charge in [0.15, 0.2) is 0 Å². The molecule has 0 atom stereocenters. The average Bonchev–Trinajstić information content (AvgIpc) is 2.40. The fourth-order valence-corrected chi connectivity index (χ4v) is 3.79. The first-order valence-corrected chi connectivity index (χ1v) is 8.53. The monoisotopic (exact) mass is 325 g/mol. The van der Waals surface area contributed by atoms with Crippen molar-refractivity contribution in [3.63, 3.8) is 0 Å². The summed E-state index contributed by atoms with van der Waals surface area (Å²) in [5.41, 5.74) is 0. The first-order chi connectivity index (χ1) is 9.00. The van der Waals surface area contributed by atoms with E-state index in [1.54, 1.807) is 0 Å². The maximum atomic E-state index is 12.5. The van der Waals surface area contributed by atoms with Crippen molar-refractivity contribution in [3.8, 4) is 0 Å². The second-order valence-corrected chi connectivity index (χ2v) is 8.08. The molecule has 0 spiro atoms. The van der Waals surface area contributed by atoms with Crippen LogP contribution in [0.1, 0.15) is 64.2 Å². The van der Waals surface area contributed by atoms with Crippen molar-refractivity contribution < 1.29 is 4.79 Å².